The minimum Gasteiger partial charge on any atom is -0.341 e. The van der Waals surface area contributed by atoms with Crippen LogP contribution in [0.15, 0.2) is 18.2 Å². The van der Waals surface area contributed by atoms with Crippen LogP contribution in [-0.2, 0) is 11.3 Å². The minimum absolute atomic E-state index is 0.120. The summed E-state index contributed by atoms with van der Waals surface area (Å²) in [6, 6.07) is 3.56. The van der Waals surface area contributed by atoms with Gasteiger partial charge in [-0.05, 0) is 56.4 Å². The summed E-state index contributed by atoms with van der Waals surface area (Å²) >= 11 is 3.92. The largest absolute Gasteiger partial charge is 0.341 e. The topological polar surface area (TPSA) is 20.3 Å². The van der Waals surface area contributed by atoms with Gasteiger partial charge in [0.1, 0.15) is 11.6 Å². The van der Waals surface area contributed by atoms with Crippen LogP contribution in [-0.4, -0.2) is 22.2 Å². The summed E-state index contributed by atoms with van der Waals surface area (Å²) in [4.78, 5) is 14.9. The van der Waals surface area contributed by atoms with Crippen molar-refractivity contribution >= 4 is 21.8 Å². The molecule has 1 aromatic carbocycles. The van der Waals surface area contributed by atoms with E-state index in [1.807, 2.05) is 0 Å². The van der Waals surface area contributed by atoms with Crippen LogP contribution in [0.5, 0.6) is 0 Å². The van der Waals surface area contributed by atoms with E-state index in [-0.39, 0.29) is 22.2 Å². The smallest absolute Gasteiger partial charge is 0.228 e. The first kappa shape index (κ1) is 16.5. The molecule has 0 radical (unpaired) electrons. The molecule has 0 aromatic heterocycles. The zero-order valence-electron chi connectivity index (χ0n) is 13.8. The molecule has 5 heteroatoms. The van der Waals surface area contributed by atoms with E-state index in [4.69, 9.17) is 0 Å². The first-order valence-corrected chi connectivity index (χ1v) is 9.46. The quantitative estimate of drug-likeness (QED) is 0.679. The Morgan fingerprint density at radius 1 is 1.25 bits per heavy atom. The van der Waals surface area contributed by atoms with Crippen molar-refractivity contribution in [3.63, 3.8) is 0 Å². The van der Waals surface area contributed by atoms with Gasteiger partial charge in [0.2, 0.25) is 5.91 Å². The average molecular weight is 398 g/mol. The van der Waals surface area contributed by atoms with Gasteiger partial charge in [-0.25, -0.2) is 8.78 Å². The normalized spacial score (nSPS) is 36.8. The summed E-state index contributed by atoms with van der Waals surface area (Å²) in [6.45, 7) is 0.192. The third kappa shape index (κ3) is 2.69. The highest BCUT2D eigenvalue weighted by molar-refractivity contribution is 9.10. The molecular weight excluding hydrogens is 376 g/mol. The molecule has 0 saturated heterocycles. The molecule has 4 saturated carbocycles. The molecule has 0 spiro atoms. The highest BCUT2D eigenvalue weighted by atomic mass is 79.9. The van der Waals surface area contributed by atoms with Gasteiger partial charge in [-0.1, -0.05) is 22.0 Å². The van der Waals surface area contributed by atoms with Crippen molar-refractivity contribution in [3.05, 3.63) is 35.4 Å². The second kappa shape index (κ2) is 5.52. The van der Waals surface area contributed by atoms with Crippen LogP contribution < -0.4 is 0 Å². The maximum Gasteiger partial charge on any atom is 0.228 e. The van der Waals surface area contributed by atoms with E-state index in [1.54, 1.807) is 11.9 Å². The summed E-state index contributed by atoms with van der Waals surface area (Å²) in [7, 11) is 1.74. The Morgan fingerprint density at radius 2 is 1.92 bits per heavy atom. The van der Waals surface area contributed by atoms with Gasteiger partial charge in [0, 0.05) is 29.5 Å². The van der Waals surface area contributed by atoms with E-state index in [0.717, 1.165) is 25.3 Å². The highest BCUT2D eigenvalue weighted by Gasteiger charge is 2.60. The molecular formula is C19H22BrF2NO. The fraction of sp³-hybridized carbons (Fsp3) is 0.632. The predicted molar refractivity (Wildman–Crippen MR) is 91.6 cm³/mol. The van der Waals surface area contributed by atoms with Crippen LogP contribution in [0, 0.1) is 28.9 Å². The number of carbonyl (C=O) groups is 1. The van der Waals surface area contributed by atoms with Gasteiger partial charge in [0.25, 0.3) is 0 Å². The zero-order valence-corrected chi connectivity index (χ0v) is 15.4. The summed E-state index contributed by atoms with van der Waals surface area (Å²) in [5.41, 5.74) is 0.0734. The highest BCUT2D eigenvalue weighted by Crippen LogP contribution is 2.64. The molecule has 0 N–H and O–H groups in total. The summed E-state index contributed by atoms with van der Waals surface area (Å²) in [5.74, 6) is 0.213. The number of amides is 1. The third-order valence-corrected chi connectivity index (χ3v) is 7.14. The third-order valence-electron chi connectivity index (χ3n) is 6.21. The molecule has 1 amide bonds. The standard InChI is InChI=1S/C19H22BrF2NO/c1-23(10-14-2-3-15(21)5-16(14)22)17(24)18-6-12-4-13(7-18)9-19(20,8-12)11-18/h2-3,5,12-13H,4,6-11H2,1H3. The lowest BCUT2D eigenvalue weighted by Crippen LogP contribution is -2.58. The van der Waals surface area contributed by atoms with Crippen LogP contribution in [0.2, 0.25) is 0 Å². The number of benzene rings is 1. The van der Waals surface area contributed by atoms with Gasteiger partial charge in [0.15, 0.2) is 0 Å². The Labute approximate surface area is 149 Å². The number of nitrogens with zero attached hydrogens (tertiary/aromatic N) is 1. The first-order chi connectivity index (χ1) is 11.3. The summed E-state index contributed by atoms with van der Waals surface area (Å²) < 4.78 is 27.1. The number of halogens is 3. The fourth-order valence-electron chi connectivity index (χ4n) is 5.78. The van der Waals surface area contributed by atoms with Crippen LogP contribution in [0.25, 0.3) is 0 Å². The van der Waals surface area contributed by atoms with Crippen molar-refractivity contribution in [3.8, 4) is 0 Å². The van der Waals surface area contributed by atoms with Crippen molar-refractivity contribution < 1.29 is 13.6 Å². The van der Waals surface area contributed by atoms with Crippen molar-refractivity contribution in [1.29, 1.82) is 0 Å². The van der Waals surface area contributed by atoms with E-state index >= 15 is 0 Å². The lowest BCUT2D eigenvalue weighted by Gasteiger charge is -2.60. The lowest BCUT2D eigenvalue weighted by molar-refractivity contribution is -0.154. The van der Waals surface area contributed by atoms with Crippen LogP contribution >= 0.6 is 15.9 Å². The predicted octanol–water partition coefficient (Wildman–Crippen LogP) is 4.66. The van der Waals surface area contributed by atoms with E-state index < -0.39 is 11.6 Å². The molecule has 5 rings (SSSR count). The van der Waals surface area contributed by atoms with Crippen LogP contribution in [0.3, 0.4) is 0 Å². The second-order valence-electron chi connectivity index (χ2n) is 8.29. The molecule has 4 fully saturated rings. The second-order valence-corrected chi connectivity index (χ2v) is 9.97. The molecule has 4 aliphatic carbocycles. The molecule has 1 aromatic rings. The summed E-state index contributed by atoms with van der Waals surface area (Å²) in [6.07, 6.45) is 6.42. The molecule has 24 heavy (non-hydrogen) atoms. The molecule has 130 valence electrons. The van der Waals surface area contributed by atoms with Gasteiger partial charge in [0.05, 0.1) is 5.41 Å². The van der Waals surface area contributed by atoms with Gasteiger partial charge >= 0.3 is 0 Å². The SMILES string of the molecule is CN(Cc1ccc(F)cc1F)C(=O)C12CC3CC(CC(Br)(C3)C1)C2. The molecule has 2 atom stereocenters. The molecule has 4 bridgehead atoms. The maximum atomic E-state index is 13.9. The van der Waals surface area contributed by atoms with E-state index in [0.29, 0.717) is 17.4 Å². The average Bonchev–Trinajstić information content (AvgIpc) is 2.46. The fourth-order valence-corrected chi connectivity index (χ4v) is 7.24. The first-order valence-electron chi connectivity index (χ1n) is 8.67. The Kier molecular flexibility index (Phi) is 3.79. The van der Waals surface area contributed by atoms with Gasteiger partial charge in [-0.3, -0.25) is 4.79 Å². The molecule has 2 unspecified atom stereocenters. The Bertz CT molecular complexity index is 678. The van der Waals surface area contributed by atoms with Gasteiger partial charge in [-0.2, -0.15) is 0 Å². The van der Waals surface area contributed by atoms with Crippen LogP contribution in [0.1, 0.15) is 44.1 Å². The number of carbonyl (C=O) groups excluding carboxylic acids is 1. The lowest BCUT2D eigenvalue weighted by atomic mass is 9.49. The van der Waals surface area contributed by atoms with Gasteiger partial charge in [-0.15, -0.1) is 0 Å². The van der Waals surface area contributed by atoms with Crippen molar-refractivity contribution in [2.75, 3.05) is 7.05 Å². The number of rotatable bonds is 3. The van der Waals surface area contributed by atoms with Crippen molar-refractivity contribution in [2.45, 2.75) is 49.4 Å². The van der Waals surface area contributed by atoms with Gasteiger partial charge < -0.3 is 4.90 Å². The van der Waals surface area contributed by atoms with E-state index in [2.05, 4.69) is 15.9 Å². The molecule has 2 nitrogen and oxygen atoms in total. The minimum atomic E-state index is -0.590. The molecule has 0 aliphatic heterocycles. The molecule has 0 heterocycles. The van der Waals surface area contributed by atoms with E-state index in [1.165, 1.54) is 31.4 Å². The Morgan fingerprint density at radius 3 is 2.50 bits per heavy atom. The molecule has 4 aliphatic rings. The maximum absolute atomic E-state index is 13.9. The number of hydrogen-bond acceptors (Lipinski definition) is 1. The summed E-state index contributed by atoms with van der Waals surface area (Å²) in [5, 5.41) is 0. The monoisotopic (exact) mass is 397 g/mol. The zero-order chi connectivity index (χ0) is 17.1. The van der Waals surface area contributed by atoms with Crippen molar-refractivity contribution in [1.82, 2.24) is 4.90 Å². The van der Waals surface area contributed by atoms with Crippen molar-refractivity contribution in [2.24, 2.45) is 17.3 Å². The van der Waals surface area contributed by atoms with Crippen LogP contribution in [0.4, 0.5) is 8.78 Å². The number of hydrogen-bond donors (Lipinski definition) is 0. The number of alkyl halides is 1. The Hall–Kier alpha value is -0.970. The van der Waals surface area contributed by atoms with E-state index in [9.17, 15) is 13.6 Å². The Balaban J connectivity index is 1.55.